The molecule has 1 aliphatic rings. The molecule has 1 saturated heterocycles. The number of aliphatic hydroxyl groups is 1. The van der Waals surface area contributed by atoms with Gasteiger partial charge < -0.3 is 14.7 Å². The van der Waals surface area contributed by atoms with Crippen LogP contribution < -0.4 is 0 Å². The predicted octanol–water partition coefficient (Wildman–Crippen LogP) is 0.286. The SMILES string of the molecule is CC1COCCN1C(=O)c1cncc(C#CCO)c1. The molecule has 100 valence electrons. The fourth-order valence-corrected chi connectivity index (χ4v) is 1.96. The molecule has 0 bridgehead atoms. The molecule has 2 rings (SSSR count). The van der Waals surface area contributed by atoms with Crippen molar-refractivity contribution in [1.82, 2.24) is 9.88 Å². The van der Waals surface area contributed by atoms with Crippen LogP contribution in [0.15, 0.2) is 18.5 Å². The second-order valence-corrected chi connectivity index (χ2v) is 4.34. The van der Waals surface area contributed by atoms with Crippen LogP contribution in [-0.4, -0.2) is 53.3 Å². The van der Waals surface area contributed by atoms with Crippen molar-refractivity contribution in [3.63, 3.8) is 0 Å². The molecule has 1 N–H and O–H groups in total. The van der Waals surface area contributed by atoms with Crippen LogP contribution in [0.25, 0.3) is 0 Å². The van der Waals surface area contributed by atoms with Crippen molar-refractivity contribution in [1.29, 1.82) is 0 Å². The lowest BCUT2D eigenvalue weighted by Crippen LogP contribution is -2.47. The molecule has 0 aliphatic carbocycles. The highest BCUT2D eigenvalue weighted by atomic mass is 16.5. The molecule has 1 aromatic heterocycles. The Kier molecular flexibility index (Phi) is 4.50. The molecule has 5 nitrogen and oxygen atoms in total. The van der Waals surface area contributed by atoms with E-state index >= 15 is 0 Å². The first-order chi connectivity index (χ1) is 9.22. The zero-order chi connectivity index (χ0) is 13.7. The summed E-state index contributed by atoms with van der Waals surface area (Å²) in [5.41, 5.74) is 1.14. The molecule has 1 aliphatic heterocycles. The highest BCUT2D eigenvalue weighted by Crippen LogP contribution is 2.12. The third-order valence-electron chi connectivity index (χ3n) is 2.93. The Bertz CT molecular complexity index is 519. The molecule has 1 unspecified atom stereocenters. The number of pyridine rings is 1. The van der Waals surface area contributed by atoms with E-state index in [1.807, 2.05) is 6.92 Å². The first kappa shape index (κ1) is 13.5. The molecule has 0 aromatic carbocycles. The summed E-state index contributed by atoms with van der Waals surface area (Å²) in [6.45, 7) is 3.46. The number of ether oxygens (including phenoxy) is 1. The Balaban J connectivity index is 2.18. The fraction of sp³-hybridized carbons (Fsp3) is 0.429. The van der Waals surface area contributed by atoms with Crippen molar-refractivity contribution in [2.75, 3.05) is 26.4 Å². The smallest absolute Gasteiger partial charge is 0.255 e. The van der Waals surface area contributed by atoms with Crippen LogP contribution in [0.3, 0.4) is 0 Å². The van der Waals surface area contributed by atoms with Crippen LogP contribution in [0, 0.1) is 11.8 Å². The van der Waals surface area contributed by atoms with Crippen LogP contribution >= 0.6 is 0 Å². The van der Waals surface area contributed by atoms with E-state index in [0.717, 1.165) is 0 Å². The van der Waals surface area contributed by atoms with Gasteiger partial charge in [-0.1, -0.05) is 11.8 Å². The minimum atomic E-state index is -0.210. The molecule has 19 heavy (non-hydrogen) atoms. The Hall–Kier alpha value is -1.90. The number of nitrogens with zero attached hydrogens (tertiary/aromatic N) is 2. The van der Waals surface area contributed by atoms with Crippen molar-refractivity contribution in [2.24, 2.45) is 0 Å². The average molecular weight is 260 g/mol. The summed E-state index contributed by atoms with van der Waals surface area (Å²) in [4.78, 5) is 18.2. The Labute approximate surface area is 112 Å². The van der Waals surface area contributed by atoms with Crippen LogP contribution in [0.2, 0.25) is 0 Å². The van der Waals surface area contributed by atoms with Crippen LogP contribution in [0.1, 0.15) is 22.8 Å². The second kappa shape index (κ2) is 6.32. The monoisotopic (exact) mass is 260 g/mol. The molecule has 1 amide bonds. The fourth-order valence-electron chi connectivity index (χ4n) is 1.96. The summed E-state index contributed by atoms with van der Waals surface area (Å²) in [5.74, 6) is 5.23. The quantitative estimate of drug-likeness (QED) is 0.737. The molecule has 1 atom stereocenters. The van der Waals surface area contributed by atoms with Crippen molar-refractivity contribution in [2.45, 2.75) is 13.0 Å². The maximum atomic E-state index is 12.4. The van der Waals surface area contributed by atoms with Gasteiger partial charge in [0.25, 0.3) is 5.91 Å². The number of hydrogen-bond donors (Lipinski definition) is 1. The topological polar surface area (TPSA) is 62.7 Å². The zero-order valence-electron chi connectivity index (χ0n) is 10.8. The van der Waals surface area contributed by atoms with Gasteiger partial charge in [-0.2, -0.15) is 0 Å². The summed E-state index contributed by atoms with van der Waals surface area (Å²) in [5, 5.41) is 8.66. The van der Waals surface area contributed by atoms with E-state index in [9.17, 15) is 4.79 Å². The van der Waals surface area contributed by atoms with Crippen molar-refractivity contribution >= 4 is 5.91 Å². The third-order valence-corrected chi connectivity index (χ3v) is 2.93. The number of hydrogen-bond acceptors (Lipinski definition) is 4. The number of aromatic nitrogens is 1. The van der Waals surface area contributed by atoms with E-state index < -0.39 is 0 Å². The normalized spacial score (nSPS) is 18.6. The Morgan fingerprint density at radius 3 is 3.21 bits per heavy atom. The lowest BCUT2D eigenvalue weighted by molar-refractivity contribution is 0.00357. The van der Waals surface area contributed by atoms with Crippen molar-refractivity contribution in [3.8, 4) is 11.8 Å². The van der Waals surface area contributed by atoms with Crippen LogP contribution in [-0.2, 0) is 4.74 Å². The summed E-state index contributed by atoms with van der Waals surface area (Å²) in [6.07, 6.45) is 3.11. The largest absolute Gasteiger partial charge is 0.384 e. The lowest BCUT2D eigenvalue weighted by atomic mass is 10.1. The highest BCUT2D eigenvalue weighted by molar-refractivity contribution is 5.94. The Morgan fingerprint density at radius 2 is 2.47 bits per heavy atom. The third kappa shape index (κ3) is 3.31. The molecule has 1 fully saturated rings. The van der Waals surface area contributed by atoms with Crippen molar-refractivity contribution in [3.05, 3.63) is 29.6 Å². The van der Waals surface area contributed by atoms with E-state index in [4.69, 9.17) is 9.84 Å². The maximum absolute atomic E-state index is 12.4. The molecule has 2 heterocycles. The minimum Gasteiger partial charge on any atom is -0.384 e. The number of rotatable bonds is 1. The van der Waals surface area contributed by atoms with E-state index in [2.05, 4.69) is 16.8 Å². The second-order valence-electron chi connectivity index (χ2n) is 4.34. The molecule has 5 heteroatoms. The average Bonchev–Trinajstić information content (AvgIpc) is 2.45. The first-order valence-electron chi connectivity index (χ1n) is 6.16. The maximum Gasteiger partial charge on any atom is 0.255 e. The number of morpholine rings is 1. The van der Waals surface area contributed by atoms with Crippen LogP contribution in [0.4, 0.5) is 0 Å². The van der Waals surface area contributed by atoms with Gasteiger partial charge in [0.05, 0.1) is 24.8 Å². The van der Waals surface area contributed by atoms with Gasteiger partial charge in [-0.25, -0.2) is 0 Å². The summed E-state index contributed by atoms with van der Waals surface area (Å²) < 4.78 is 5.32. The van der Waals surface area contributed by atoms with Gasteiger partial charge in [0, 0.05) is 24.5 Å². The van der Waals surface area contributed by atoms with E-state index in [0.29, 0.717) is 30.9 Å². The minimum absolute atomic E-state index is 0.0593. The first-order valence-corrected chi connectivity index (χ1v) is 6.16. The van der Waals surface area contributed by atoms with Gasteiger partial charge in [0.15, 0.2) is 0 Å². The molecule has 0 spiro atoms. The highest BCUT2D eigenvalue weighted by Gasteiger charge is 2.24. The molecule has 0 radical (unpaired) electrons. The summed E-state index contributed by atoms with van der Waals surface area (Å²) in [7, 11) is 0. The van der Waals surface area contributed by atoms with Gasteiger partial charge in [-0.05, 0) is 13.0 Å². The number of carbonyl (C=O) groups is 1. The summed E-state index contributed by atoms with van der Waals surface area (Å²) >= 11 is 0. The summed E-state index contributed by atoms with van der Waals surface area (Å²) in [6, 6.07) is 1.76. The van der Waals surface area contributed by atoms with Gasteiger partial charge in [0.1, 0.15) is 6.61 Å². The van der Waals surface area contributed by atoms with Crippen molar-refractivity contribution < 1.29 is 14.6 Å². The van der Waals surface area contributed by atoms with E-state index in [1.165, 1.54) is 6.20 Å². The number of carbonyl (C=O) groups excluding carboxylic acids is 1. The van der Waals surface area contributed by atoms with Gasteiger partial charge in [0.2, 0.25) is 0 Å². The lowest BCUT2D eigenvalue weighted by Gasteiger charge is -2.33. The van der Waals surface area contributed by atoms with Gasteiger partial charge >= 0.3 is 0 Å². The predicted molar refractivity (Wildman–Crippen MR) is 69.5 cm³/mol. The number of aliphatic hydroxyl groups excluding tert-OH is 1. The molecular formula is C14H16N2O3. The zero-order valence-corrected chi connectivity index (χ0v) is 10.8. The number of amides is 1. The van der Waals surface area contributed by atoms with E-state index in [1.54, 1.807) is 17.2 Å². The standard InChI is InChI=1S/C14H16N2O3/c1-11-10-19-6-4-16(11)14(18)13-7-12(3-2-5-17)8-15-9-13/h7-9,11,17H,4-6,10H2,1H3. The van der Waals surface area contributed by atoms with Gasteiger partial charge in [-0.15, -0.1) is 0 Å². The molecule has 0 saturated carbocycles. The van der Waals surface area contributed by atoms with Gasteiger partial charge in [-0.3, -0.25) is 9.78 Å². The van der Waals surface area contributed by atoms with E-state index in [-0.39, 0.29) is 18.6 Å². The molecular weight excluding hydrogens is 244 g/mol. The Morgan fingerprint density at radius 1 is 1.63 bits per heavy atom. The van der Waals surface area contributed by atoms with Crippen LogP contribution in [0.5, 0.6) is 0 Å². The molecule has 1 aromatic rings.